The van der Waals surface area contributed by atoms with Crippen molar-refractivity contribution >= 4 is 0 Å². The highest BCUT2D eigenvalue weighted by Crippen LogP contribution is 2.31. The molecule has 0 saturated carbocycles. The van der Waals surface area contributed by atoms with Gasteiger partial charge >= 0.3 is 0 Å². The van der Waals surface area contributed by atoms with Crippen LogP contribution in [0.4, 0.5) is 0 Å². The Morgan fingerprint density at radius 1 is 0.625 bits per heavy atom. The third-order valence-corrected chi connectivity index (χ3v) is 4.02. The van der Waals surface area contributed by atoms with Crippen LogP contribution >= 0.6 is 0 Å². The molecule has 0 aliphatic carbocycles. The second-order valence-corrected chi connectivity index (χ2v) is 5.54. The highest BCUT2D eigenvalue weighted by molar-refractivity contribution is 5.41. The van der Waals surface area contributed by atoms with Gasteiger partial charge in [-0.3, -0.25) is 0 Å². The molecule has 0 bridgehead atoms. The summed E-state index contributed by atoms with van der Waals surface area (Å²) in [6, 6.07) is 30.6. The highest BCUT2D eigenvalue weighted by Gasteiger charge is 2.23. The molecule has 0 unspecified atom stereocenters. The highest BCUT2D eigenvalue weighted by atomic mass is 15.5. The van der Waals surface area contributed by atoms with Crippen LogP contribution in [0.3, 0.4) is 0 Å². The Kier molecular flexibility index (Phi) is 3.86. The molecule has 0 fully saturated rings. The lowest BCUT2D eigenvalue weighted by molar-refractivity contribution is 0.747. The maximum atomic E-state index is 4.35. The Labute approximate surface area is 140 Å². The first-order valence-electron chi connectivity index (χ1n) is 7.87. The van der Waals surface area contributed by atoms with E-state index in [1.54, 1.807) is 0 Å². The van der Waals surface area contributed by atoms with Gasteiger partial charge in [0.15, 0.2) is 5.82 Å². The SMILES string of the molecule is c1ccc(C(c2ccccc2)c2nnnn2-c2ccccc2)cc1. The Bertz CT molecular complexity index is 863. The second kappa shape index (κ2) is 6.46. The lowest BCUT2D eigenvalue weighted by Gasteiger charge is -2.17. The number of tetrazole rings is 1. The minimum Gasteiger partial charge on any atom is -0.196 e. The monoisotopic (exact) mass is 312 g/mol. The molecular formula is C20H16N4. The summed E-state index contributed by atoms with van der Waals surface area (Å²) in [4.78, 5) is 0. The van der Waals surface area contributed by atoms with Gasteiger partial charge < -0.3 is 0 Å². The number of hydrogen-bond donors (Lipinski definition) is 0. The zero-order valence-corrected chi connectivity index (χ0v) is 13.0. The minimum atomic E-state index is -0.0254. The van der Waals surface area contributed by atoms with E-state index >= 15 is 0 Å². The summed E-state index contributed by atoms with van der Waals surface area (Å²) in [7, 11) is 0. The van der Waals surface area contributed by atoms with Crippen molar-refractivity contribution in [1.82, 2.24) is 20.2 Å². The van der Waals surface area contributed by atoms with E-state index in [1.165, 1.54) is 0 Å². The average molecular weight is 312 g/mol. The van der Waals surface area contributed by atoms with Gasteiger partial charge in [0.25, 0.3) is 0 Å². The fraction of sp³-hybridized carbons (Fsp3) is 0.0500. The predicted molar refractivity (Wildman–Crippen MR) is 93.0 cm³/mol. The normalized spacial score (nSPS) is 10.9. The molecule has 4 heteroatoms. The van der Waals surface area contributed by atoms with Crippen LogP contribution in [0, 0.1) is 0 Å². The Hall–Kier alpha value is -3.27. The largest absolute Gasteiger partial charge is 0.196 e. The van der Waals surface area contributed by atoms with Crippen LogP contribution < -0.4 is 0 Å². The summed E-state index contributed by atoms with van der Waals surface area (Å²) in [6.07, 6.45) is 0. The lowest BCUT2D eigenvalue weighted by Crippen LogP contribution is -2.11. The van der Waals surface area contributed by atoms with Crippen molar-refractivity contribution in [2.24, 2.45) is 0 Å². The molecule has 4 nitrogen and oxygen atoms in total. The standard InChI is InChI=1S/C20H16N4/c1-4-10-16(11-5-1)19(17-12-6-2-7-13-17)20-21-22-23-24(20)18-14-8-3-9-15-18/h1-15,19H. The van der Waals surface area contributed by atoms with Crippen molar-refractivity contribution in [3.63, 3.8) is 0 Å². The Balaban J connectivity index is 1.89. The topological polar surface area (TPSA) is 43.6 Å². The van der Waals surface area contributed by atoms with Crippen molar-refractivity contribution < 1.29 is 0 Å². The number of para-hydroxylation sites is 1. The molecule has 4 aromatic rings. The minimum absolute atomic E-state index is 0.0254. The van der Waals surface area contributed by atoms with E-state index in [0.717, 1.165) is 22.6 Å². The maximum absolute atomic E-state index is 4.35. The molecule has 0 atom stereocenters. The molecule has 0 saturated heterocycles. The molecule has 0 aliphatic rings. The summed E-state index contributed by atoms with van der Waals surface area (Å²) < 4.78 is 1.81. The first-order chi connectivity index (χ1) is 11.9. The Morgan fingerprint density at radius 2 is 1.12 bits per heavy atom. The molecule has 24 heavy (non-hydrogen) atoms. The number of aromatic nitrogens is 4. The van der Waals surface area contributed by atoms with Crippen molar-refractivity contribution in [1.29, 1.82) is 0 Å². The van der Waals surface area contributed by atoms with E-state index in [1.807, 2.05) is 71.4 Å². The van der Waals surface area contributed by atoms with Crippen molar-refractivity contribution in [3.05, 3.63) is 108 Å². The molecule has 4 rings (SSSR count). The number of hydrogen-bond acceptors (Lipinski definition) is 3. The lowest BCUT2D eigenvalue weighted by atomic mass is 9.90. The van der Waals surface area contributed by atoms with Crippen LogP contribution in [-0.2, 0) is 0 Å². The van der Waals surface area contributed by atoms with Gasteiger partial charge in [0.05, 0.1) is 11.6 Å². The second-order valence-electron chi connectivity index (χ2n) is 5.54. The van der Waals surface area contributed by atoms with Gasteiger partial charge in [-0.05, 0) is 33.7 Å². The van der Waals surface area contributed by atoms with E-state index in [4.69, 9.17) is 0 Å². The summed E-state index contributed by atoms with van der Waals surface area (Å²) in [5.41, 5.74) is 3.28. The fourth-order valence-corrected chi connectivity index (χ4v) is 2.91. The van der Waals surface area contributed by atoms with Crippen LogP contribution in [0.5, 0.6) is 0 Å². The number of nitrogens with zero attached hydrogens (tertiary/aromatic N) is 4. The molecule has 116 valence electrons. The van der Waals surface area contributed by atoms with E-state index in [9.17, 15) is 0 Å². The van der Waals surface area contributed by atoms with E-state index in [-0.39, 0.29) is 5.92 Å². The van der Waals surface area contributed by atoms with E-state index < -0.39 is 0 Å². The number of benzene rings is 3. The van der Waals surface area contributed by atoms with Gasteiger partial charge in [-0.1, -0.05) is 78.9 Å². The average Bonchev–Trinajstić information content (AvgIpc) is 3.14. The molecule has 3 aromatic carbocycles. The van der Waals surface area contributed by atoms with Gasteiger partial charge in [-0.2, -0.15) is 4.68 Å². The first kappa shape index (κ1) is 14.3. The summed E-state index contributed by atoms with van der Waals surface area (Å²) >= 11 is 0. The van der Waals surface area contributed by atoms with Crippen molar-refractivity contribution in [2.75, 3.05) is 0 Å². The van der Waals surface area contributed by atoms with Crippen LogP contribution in [0.15, 0.2) is 91.0 Å². The smallest absolute Gasteiger partial charge is 0.168 e. The predicted octanol–water partition coefficient (Wildman–Crippen LogP) is 3.84. The van der Waals surface area contributed by atoms with Crippen molar-refractivity contribution in [3.8, 4) is 5.69 Å². The van der Waals surface area contributed by atoms with Gasteiger partial charge in [-0.25, -0.2) is 0 Å². The molecule has 0 aliphatic heterocycles. The van der Waals surface area contributed by atoms with Crippen LogP contribution in [0.2, 0.25) is 0 Å². The summed E-state index contributed by atoms with van der Waals surface area (Å²) in [5.74, 6) is 0.779. The van der Waals surface area contributed by atoms with Gasteiger partial charge in [-0.15, -0.1) is 5.10 Å². The molecule has 0 amide bonds. The molecule has 1 aromatic heterocycles. The van der Waals surface area contributed by atoms with Gasteiger partial charge in [0.1, 0.15) is 0 Å². The first-order valence-corrected chi connectivity index (χ1v) is 7.87. The third kappa shape index (κ3) is 2.70. The quantitative estimate of drug-likeness (QED) is 0.575. The summed E-state index contributed by atoms with van der Waals surface area (Å²) in [6.45, 7) is 0. The third-order valence-electron chi connectivity index (χ3n) is 4.02. The Morgan fingerprint density at radius 3 is 1.67 bits per heavy atom. The zero-order valence-electron chi connectivity index (χ0n) is 13.0. The van der Waals surface area contributed by atoms with Gasteiger partial charge in [0.2, 0.25) is 0 Å². The zero-order chi connectivity index (χ0) is 16.2. The van der Waals surface area contributed by atoms with Crippen LogP contribution in [0.1, 0.15) is 22.9 Å². The molecule has 1 heterocycles. The van der Waals surface area contributed by atoms with E-state index in [2.05, 4.69) is 39.8 Å². The van der Waals surface area contributed by atoms with E-state index in [0.29, 0.717) is 0 Å². The maximum Gasteiger partial charge on any atom is 0.168 e. The number of rotatable bonds is 4. The molecular weight excluding hydrogens is 296 g/mol. The molecule has 0 radical (unpaired) electrons. The fourth-order valence-electron chi connectivity index (χ4n) is 2.91. The van der Waals surface area contributed by atoms with Crippen LogP contribution in [0.25, 0.3) is 5.69 Å². The summed E-state index contributed by atoms with van der Waals surface area (Å²) in [5, 5.41) is 12.5. The van der Waals surface area contributed by atoms with Gasteiger partial charge in [0, 0.05) is 0 Å². The molecule has 0 N–H and O–H groups in total. The van der Waals surface area contributed by atoms with Crippen LogP contribution in [-0.4, -0.2) is 20.2 Å². The molecule has 0 spiro atoms. The van der Waals surface area contributed by atoms with Crippen molar-refractivity contribution in [2.45, 2.75) is 5.92 Å².